The molecule has 0 radical (unpaired) electrons. The highest BCUT2D eigenvalue weighted by Crippen LogP contribution is 2.32. The molecule has 0 saturated carbocycles. The predicted molar refractivity (Wildman–Crippen MR) is 151 cm³/mol. The van der Waals surface area contributed by atoms with Gasteiger partial charge in [0.1, 0.15) is 0 Å². The smallest absolute Gasteiger partial charge is 0.338 e. The van der Waals surface area contributed by atoms with Gasteiger partial charge in [0.2, 0.25) is 0 Å². The average molecular weight is 534 g/mol. The Labute approximate surface area is 230 Å². The zero-order valence-corrected chi connectivity index (χ0v) is 23.4. The predicted octanol–water partition coefficient (Wildman–Crippen LogP) is 4.56. The number of benzene rings is 2. The number of nitrogens with zero attached hydrogens (tertiary/aromatic N) is 3. The molecular formula is C30H39N5O4. The van der Waals surface area contributed by atoms with Crippen LogP contribution in [0, 0.1) is 0 Å². The Morgan fingerprint density at radius 1 is 1.08 bits per heavy atom. The van der Waals surface area contributed by atoms with Crippen LogP contribution in [0.5, 0.6) is 0 Å². The second kappa shape index (κ2) is 12.3. The molecule has 2 atom stereocenters. The van der Waals surface area contributed by atoms with Crippen molar-refractivity contribution in [2.45, 2.75) is 45.7 Å². The Hall–Kier alpha value is -3.85. The molecule has 2 aliphatic heterocycles. The van der Waals surface area contributed by atoms with E-state index in [-0.39, 0.29) is 24.7 Å². The maximum Gasteiger partial charge on any atom is 0.338 e. The summed E-state index contributed by atoms with van der Waals surface area (Å²) in [7, 11) is 1.68. The summed E-state index contributed by atoms with van der Waals surface area (Å²) in [6, 6.07) is 16.3. The number of piperazine rings is 1. The maximum atomic E-state index is 13.3. The molecule has 39 heavy (non-hydrogen) atoms. The molecule has 2 heterocycles. The summed E-state index contributed by atoms with van der Waals surface area (Å²) >= 11 is 0. The van der Waals surface area contributed by atoms with Gasteiger partial charge in [-0.25, -0.2) is 14.4 Å². The summed E-state index contributed by atoms with van der Waals surface area (Å²) in [5.74, 6) is -0.0663. The van der Waals surface area contributed by atoms with E-state index in [1.165, 1.54) is 10.5 Å². The van der Waals surface area contributed by atoms with E-state index in [9.17, 15) is 14.4 Å². The molecule has 4 rings (SSSR count). The zero-order valence-electron chi connectivity index (χ0n) is 23.4. The van der Waals surface area contributed by atoms with Gasteiger partial charge in [0, 0.05) is 50.7 Å². The molecule has 1 saturated heterocycles. The van der Waals surface area contributed by atoms with Crippen LogP contribution in [0.4, 0.5) is 15.3 Å². The van der Waals surface area contributed by atoms with E-state index >= 15 is 0 Å². The van der Waals surface area contributed by atoms with Gasteiger partial charge < -0.3 is 20.3 Å². The van der Waals surface area contributed by atoms with Crippen LogP contribution >= 0.6 is 0 Å². The molecule has 0 aliphatic carbocycles. The minimum absolute atomic E-state index is 0.0591. The van der Waals surface area contributed by atoms with E-state index in [4.69, 9.17) is 4.74 Å². The van der Waals surface area contributed by atoms with Gasteiger partial charge in [-0.1, -0.05) is 56.3 Å². The van der Waals surface area contributed by atoms with Gasteiger partial charge in [-0.15, -0.1) is 0 Å². The lowest BCUT2D eigenvalue weighted by Crippen LogP contribution is -2.56. The minimum Gasteiger partial charge on any atom is -0.463 e. The van der Waals surface area contributed by atoms with Crippen molar-refractivity contribution in [2.75, 3.05) is 45.2 Å². The zero-order chi connectivity index (χ0) is 28.1. The van der Waals surface area contributed by atoms with Crippen molar-refractivity contribution in [3.8, 4) is 0 Å². The highest BCUT2D eigenvalue weighted by molar-refractivity contribution is 5.95. The fraction of sp³-hybridized carbons (Fsp3) is 0.433. The van der Waals surface area contributed by atoms with Crippen molar-refractivity contribution in [3.63, 3.8) is 0 Å². The van der Waals surface area contributed by atoms with Crippen molar-refractivity contribution >= 4 is 23.7 Å². The third kappa shape index (κ3) is 6.42. The number of hydrogen-bond acceptors (Lipinski definition) is 5. The van der Waals surface area contributed by atoms with E-state index in [0.717, 1.165) is 11.3 Å². The molecule has 2 unspecified atom stereocenters. The second-order valence-electron chi connectivity index (χ2n) is 10.4. The number of anilines is 1. The van der Waals surface area contributed by atoms with Gasteiger partial charge in [0.15, 0.2) is 0 Å². The van der Waals surface area contributed by atoms with Crippen LogP contribution in [-0.4, -0.2) is 78.6 Å². The summed E-state index contributed by atoms with van der Waals surface area (Å²) in [6.07, 6.45) is 0. The lowest BCUT2D eigenvalue weighted by atomic mass is 9.92. The number of para-hydroxylation sites is 1. The Bertz CT molecular complexity index is 1210. The van der Waals surface area contributed by atoms with Crippen LogP contribution in [0.15, 0.2) is 65.9 Å². The van der Waals surface area contributed by atoms with Crippen molar-refractivity contribution in [1.82, 2.24) is 20.0 Å². The monoisotopic (exact) mass is 533 g/mol. The third-order valence-electron chi connectivity index (χ3n) is 7.38. The van der Waals surface area contributed by atoms with E-state index in [2.05, 4.69) is 29.4 Å². The van der Waals surface area contributed by atoms with E-state index in [0.29, 0.717) is 43.4 Å². The lowest BCUT2D eigenvalue weighted by molar-refractivity contribution is -0.139. The fourth-order valence-corrected chi connectivity index (χ4v) is 5.13. The number of rotatable bonds is 7. The summed E-state index contributed by atoms with van der Waals surface area (Å²) in [6.45, 7) is 10.4. The average Bonchev–Trinajstić information content (AvgIpc) is 2.91. The van der Waals surface area contributed by atoms with Gasteiger partial charge in [0.25, 0.3) is 0 Å². The summed E-state index contributed by atoms with van der Waals surface area (Å²) in [5, 5.41) is 5.95. The minimum atomic E-state index is -0.612. The topological polar surface area (TPSA) is 94.2 Å². The highest BCUT2D eigenvalue weighted by Gasteiger charge is 2.38. The lowest BCUT2D eigenvalue weighted by Gasteiger charge is -2.42. The van der Waals surface area contributed by atoms with E-state index in [1.807, 2.05) is 66.4 Å². The summed E-state index contributed by atoms with van der Waals surface area (Å²) in [5.41, 5.74) is 3.82. The normalized spacial score (nSPS) is 20.2. The number of likely N-dealkylation sites (N-methyl/N-ethyl adjacent to an activating group) is 1. The van der Waals surface area contributed by atoms with E-state index in [1.54, 1.807) is 14.0 Å². The van der Waals surface area contributed by atoms with Crippen LogP contribution < -0.4 is 10.6 Å². The highest BCUT2D eigenvalue weighted by atomic mass is 16.5. The first-order valence-electron chi connectivity index (χ1n) is 13.6. The number of nitrogens with one attached hydrogen (secondary N) is 2. The Morgan fingerprint density at radius 3 is 2.38 bits per heavy atom. The largest absolute Gasteiger partial charge is 0.463 e. The fourth-order valence-electron chi connectivity index (χ4n) is 5.13. The molecule has 2 N–H and O–H groups in total. The molecule has 4 amide bonds. The number of hydrogen-bond donors (Lipinski definition) is 2. The van der Waals surface area contributed by atoms with Crippen molar-refractivity contribution in [3.05, 3.63) is 77.0 Å². The van der Waals surface area contributed by atoms with Gasteiger partial charge in [-0.05, 0) is 43.0 Å². The van der Waals surface area contributed by atoms with Crippen molar-refractivity contribution < 1.29 is 19.1 Å². The van der Waals surface area contributed by atoms with Crippen LogP contribution in [0.2, 0.25) is 0 Å². The molecule has 0 aromatic heterocycles. The molecule has 2 aromatic rings. The molecule has 9 heteroatoms. The molecule has 0 spiro atoms. The SMILES string of the molecule is CCOC(=O)C1=C(CN2CCN(C(=O)Nc3ccccc3)C(C)C2)N(C)C(=O)NC1c1ccc(C(C)C)cc1. The number of carbonyl (C=O) groups excluding carboxylic acids is 3. The standard InChI is InChI=1S/C30H39N5O4/c1-6-39-28(36)26-25(33(5)29(37)32-27(26)23-14-12-22(13-15-23)20(2)3)19-34-16-17-35(21(4)18-34)30(38)31-24-10-8-7-9-11-24/h7-15,20-21,27H,6,16-19H2,1-5H3,(H,31,38)(H,32,37). The maximum absolute atomic E-state index is 13.3. The van der Waals surface area contributed by atoms with Crippen molar-refractivity contribution in [2.24, 2.45) is 0 Å². The molecule has 1 fully saturated rings. The van der Waals surface area contributed by atoms with Gasteiger partial charge in [-0.2, -0.15) is 0 Å². The molecule has 0 bridgehead atoms. The van der Waals surface area contributed by atoms with Gasteiger partial charge in [0.05, 0.1) is 18.2 Å². The Kier molecular flexibility index (Phi) is 8.91. The first kappa shape index (κ1) is 28.2. The number of amides is 4. The van der Waals surface area contributed by atoms with Gasteiger partial charge in [-0.3, -0.25) is 9.80 Å². The number of carbonyl (C=O) groups is 3. The summed E-state index contributed by atoms with van der Waals surface area (Å²) < 4.78 is 5.47. The number of ether oxygens (including phenoxy) is 1. The molecule has 208 valence electrons. The molecule has 2 aliphatic rings. The molecule has 9 nitrogen and oxygen atoms in total. The third-order valence-corrected chi connectivity index (χ3v) is 7.38. The Morgan fingerprint density at radius 2 is 1.77 bits per heavy atom. The summed E-state index contributed by atoms with van der Waals surface area (Å²) in [4.78, 5) is 44.8. The second-order valence-corrected chi connectivity index (χ2v) is 10.4. The van der Waals surface area contributed by atoms with Crippen LogP contribution in [0.1, 0.15) is 50.8 Å². The molecule has 2 aromatic carbocycles. The Balaban J connectivity index is 1.56. The van der Waals surface area contributed by atoms with E-state index < -0.39 is 12.0 Å². The first-order valence-corrected chi connectivity index (χ1v) is 13.6. The van der Waals surface area contributed by atoms with Gasteiger partial charge >= 0.3 is 18.0 Å². The number of esters is 1. The first-order chi connectivity index (χ1) is 18.7. The number of urea groups is 2. The van der Waals surface area contributed by atoms with Crippen LogP contribution in [-0.2, 0) is 9.53 Å². The van der Waals surface area contributed by atoms with Crippen LogP contribution in [0.25, 0.3) is 0 Å². The quantitative estimate of drug-likeness (QED) is 0.509. The molecular weight excluding hydrogens is 494 g/mol. The van der Waals surface area contributed by atoms with Crippen molar-refractivity contribution in [1.29, 1.82) is 0 Å². The van der Waals surface area contributed by atoms with Crippen LogP contribution in [0.3, 0.4) is 0 Å².